The molecule has 2 rings (SSSR count). The van der Waals surface area contributed by atoms with E-state index in [-0.39, 0.29) is 11.3 Å². The lowest BCUT2D eigenvalue weighted by Crippen LogP contribution is -2.04. The Bertz CT molecular complexity index is 548. The lowest BCUT2D eigenvalue weighted by molar-refractivity contribution is 0.0599. The van der Waals surface area contributed by atoms with E-state index in [0.29, 0.717) is 11.5 Å². The van der Waals surface area contributed by atoms with Crippen LogP contribution in [-0.2, 0) is 4.74 Å². The van der Waals surface area contributed by atoms with Crippen molar-refractivity contribution >= 4 is 5.97 Å². The number of carbonyl (C=O) groups excluding carboxylic acids is 1. The van der Waals surface area contributed by atoms with Gasteiger partial charge in [-0.25, -0.2) is 9.18 Å². The number of aryl methyl sites for hydroxylation is 1. The van der Waals surface area contributed by atoms with Gasteiger partial charge in [-0.05, 0) is 19.1 Å². The van der Waals surface area contributed by atoms with Gasteiger partial charge < -0.3 is 9.26 Å². The third-order valence-corrected chi connectivity index (χ3v) is 2.22. The summed E-state index contributed by atoms with van der Waals surface area (Å²) in [6, 6.07) is 2.65. The number of rotatable bonds is 2. The Morgan fingerprint density at radius 1 is 1.47 bits per heavy atom. The minimum Gasteiger partial charge on any atom is -0.465 e. The van der Waals surface area contributed by atoms with Crippen LogP contribution in [0.5, 0.6) is 0 Å². The van der Waals surface area contributed by atoms with Gasteiger partial charge in [0.05, 0.1) is 19.0 Å². The highest BCUT2D eigenvalue weighted by atomic mass is 19.1. The molecule has 2 aromatic rings. The van der Waals surface area contributed by atoms with Gasteiger partial charge in [0.25, 0.3) is 0 Å². The molecule has 0 aliphatic carbocycles. The molecule has 0 fully saturated rings. The minimum atomic E-state index is -0.565. The number of pyridine rings is 1. The van der Waals surface area contributed by atoms with Crippen LogP contribution in [-0.4, -0.2) is 23.2 Å². The molecule has 0 unspecified atom stereocenters. The standard InChI is InChI=1S/C11H9FN2O3/c1-6-9(11(15)16-2)10(14-17-6)8-4-3-7(12)5-13-8/h3-5H,1-2H3. The molecule has 0 radical (unpaired) electrons. The van der Waals surface area contributed by atoms with Crippen molar-refractivity contribution in [3.63, 3.8) is 0 Å². The average molecular weight is 236 g/mol. The van der Waals surface area contributed by atoms with Gasteiger partial charge in [-0.2, -0.15) is 0 Å². The first-order valence-electron chi connectivity index (χ1n) is 4.80. The zero-order chi connectivity index (χ0) is 12.4. The molecule has 17 heavy (non-hydrogen) atoms. The zero-order valence-electron chi connectivity index (χ0n) is 9.23. The quantitative estimate of drug-likeness (QED) is 0.746. The molecule has 0 spiro atoms. The van der Waals surface area contributed by atoms with Crippen LogP contribution in [0.2, 0.25) is 0 Å². The van der Waals surface area contributed by atoms with Crippen molar-refractivity contribution in [3.8, 4) is 11.4 Å². The molecule has 0 aliphatic rings. The van der Waals surface area contributed by atoms with E-state index in [2.05, 4.69) is 14.9 Å². The predicted octanol–water partition coefficient (Wildman–Crippen LogP) is 1.97. The average Bonchev–Trinajstić information content (AvgIpc) is 2.71. The maximum atomic E-state index is 12.7. The van der Waals surface area contributed by atoms with Crippen LogP contribution < -0.4 is 0 Å². The Hall–Kier alpha value is -2.24. The monoisotopic (exact) mass is 236 g/mol. The van der Waals surface area contributed by atoms with Crippen molar-refractivity contribution < 1.29 is 18.4 Å². The van der Waals surface area contributed by atoms with Gasteiger partial charge in [0.15, 0.2) is 0 Å². The second kappa shape index (κ2) is 4.32. The number of nitrogens with zero attached hydrogens (tertiary/aromatic N) is 2. The second-order valence-corrected chi connectivity index (χ2v) is 3.32. The summed E-state index contributed by atoms with van der Waals surface area (Å²) in [4.78, 5) is 15.4. The highest BCUT2D eigenvalue weighted by molar-refractivity contribution is 5.96. The van der Waals surface area contributed by atoms with E-state index >= 15 is 0 Å². The molecular weight excluding hydrogens is 227 g/mol. The van der Waals surface area contributed by atoms with Crippen LogP contribution in [0.1, 0.15) is 16.1 Å². The third kappa shape index (κ3) is 2.01. The van der Waals surface area contributed by atoms with E-state index in [0.717, 1.165) is 6.20 Å². The molecule has 2 aromatic heterocycles. The fourth-order valence-electron chi connectivity index (χ4n) is 1.41. The van der Waals surface area contributed by atoms with Crippen molar-refractivity contribution in [2.45, 2.75) is 6.92 Å². The Balaban J connectivity index is 2.52. The summed E-state index contributed by atoms with van der Waals surface area (Å²) in [5.41, 5.74) is 0.796. The van der Waals surface area contributed by atoms with E-state index in [1.165, 1.54) is 19.2 Å². The molecule has 0 saturated carbocycles. The topological polar surface area (TPSA) is 65.2 Å². The van der Waals surface area contributed by atoms with Gasteiger partial charge in [0.2, 0.25) is 0 Å². The summed E-state index contributed by atoms with van der Waals surface area (Å²) >= 11 is 0. The van der Waals surface area contributed by atoms with E-state index in [1.807, 2.05) is 0 Å². The maximum Gasteiger partial charge on any atom is 0.343 e. The number of esters is 1. The molecule has 5 nitrogen and oxygen atoms in total. The maximum absolute atomic E-state index is 12.7. The van der Waals surface area contributed by atoms with Crippen molar-refractivity contribution in [1.82, 2.24) is 10.1 Å². The van der Waals surface area contributed by atoms with E-state index in [1.54, 1.807) is 6.92 Å². The van der Waals surface area contributed by atoms with Crippen LogP contribution in [0.15, 0.2) is 22.9 Å². The molecular formula is C11H9FN2O3. The second-order valence-electron chi connectivity index (χ2n) is 3.32. The highest BCUT2D eigenvalue weighted by Gasteiger charge is 2.22. The lowest BCUT2D eigenvalue weighted by Gasteiger charge is -1.99. The Labute approximate surface area is 96.2 Å². The summed E-state index contributed by atoms with van der Waals surface area (Å²) in [5, 5.41) is 3.72. The van der Waals surface area contributed by atoms with Gasteiger partial charge in [-0.15, -0.1) is 0 Å². The molecule has 0 N–H and O–H groups in total. The number of halogens is 1. The van der Waals surface area contributed by atoms with Crippen LogP contribution in [0.4, 0.5) is 4.39 Å². The zero-order valence-corrected chi connectivity index (χ0v) is 9.23. The molecule has 2 heterocycles. The molecule has 0 saturated heterocycles. The van der Waals surface area contributed by atoms with Crippen molar-refractivity contribution in [3.05, 3.63) is 35.5 Å². The summed E-state index contributed by atoms with van der Waals surface area (Å²) < 4.78 is 22.3. The minimum absolute atomic E-state index is 0.201. The van der Waals surface area contributed by atoms with Gasteiger partial charge in [-0.3, -0.25) is 4.98 Å². The number of carbonyl (C=O) groups is 1. The number of ether oxygens (including phenoxy) is 1. The smallest absolute Gasteiger partial charge is 0.343 e. The van der Waals surface area contributed by atoms with Gasteiger partial charge in [-0.1, -0.05) is 5.16 Å². The first-order valence-corrected chi connectivity index (χ1v) is 4.80. The van der Waals surface area contributed by atoms with Crippen LogP contribution in [0.3, 0.4) is 0 Å². The first kappa shape index (κ1) is 11.3. The summed E-state index contributed by atoms with van der Waals surface area (Å²) in [6.07, 6.45) is 1.04. The molecule has 0 amide bonds. The summed E-state index contributed by atoms with van der Waals surface area (Å²) in [5.74, 6) is -0.698. The molecule has 6 heteroatoms. The highest BCUT2D eigenvalue weighted by Crippen LogP contribution is 2.24. The van der Waals surface area contributed by atoms with E-state index in [9.17, 15) is 9.18 Å². The number of aromatic nitrogens is 2. The predicted molar refractivity (Wildman–Crippen MR) is 55.8 cm³/mol. The molecule has 0 atom stereocenters. The first-order chi connectivity index (χ1) is 8.13. The van der Waals surface area contributed by atoms with Gasteiger partial charge in [0, 0.05) is 0 Å². The number of methoxy groups -OCH3 is 1. The fourth-order valence-corrected chi connectivity index (χ4v) is 1.41. The Morgan fingerprint density at radius 2 is 2.24 bits per heavy atom. The van der Waals surface area contributed by atoms with E-state index < -0.39 is 11.8 Å². The fraction of sp³-hybridized carbons (Fsp3) is 0.182. The number of hydrogen-bond donors (Lipinski definition) is 0. The molecule has 0 bridgehead atoms. The Morgan fingerprint density at radius 3 is 2.82 bits per heavy atom. The summed E-state index contributed by atoms with van der Waals surface area (Å²) in [7, 11) is 1.26. The van der Waals surface area contributed by atoms with Crippen LogP contribution in [0, 0.1) is 12.7 Å². The van der Waals surface area contributed by atoms with Crippen molar-refractivity contribution in [2.24, 2.45) is 0 Å². The SMILES string of the molecule is COC(=O)c1c(-c2ccc(F)cn2)noc1C. The van der Waals surface area contributed by atoms with Crippen molar-refractivity contribution in [1.29, 1.82) is 0 Å². The van der Waals surface area contributed by atoms with Crippen LogP contribution >= 0.6 is 0 Å². The molecule has 0 aromatic carbocycles. The van der Waals surface area contributed by atoms with E-state index in [4.69, 9.17) is 4.52 Å². The third-order valence-electron chi connectivity index (χ3n) is 2.22. The summed E-state index contributed by atoms with van der Waals surface area (Å²) in [6.45, 7) is 1.59. The normalized spacial score (nSPS) is 10.3. The molecule has 0 aliphatic heterocycles. The largest absolute Gasteiger partial charge is 0.465 e. The lowest BCUT2D eigenvalue weighted by atomic mass is 10.1. The van der Waals surface area contributed by atoms with Crippen LogP contribution in [0.25, 0.3) is 11.4 Å². The van der Waals surface area contributed by atoms with Gasteiger partial charge >= 0.3 is 5.97 Å². The number of hydrogen-bond acceptors (Lipinski definition) is 5. The molecule has 88 valence electrons. The Kier molecular flexibility index (Phi) is 2.86. The van der Waals surface area contributed by atoms with Crippen molar-refractivity contribution in [2.75, 3.05) is 7.11 Å². The van der Waals surface area contributed by atoms with Gasteiger partial charge in [0.1, 0.15) is 22.8 Å².